The first-order chi connectivity index (χ1) is 10.0. The van der Waals surface area contributed by atoms with Crippen LogP contribution < -0.4 is 21.6 Å². The van der Waals surface area contributed by atoms with E-state index in [1.165, 1.54) is 17.0 Å². The van der Waals surface area contributed by atoms with Crippen LogP contribution in [-0.4, -0.2) is 21.6 Å². The molecule has 2 N–H and O–H groups in total. The molecule has 2 rings (SSSR count). The Balaban J connectivity index is 2.41. The van der Waals surface area contributed by atoms with Gasteiger partial charge in [-0.1, -0.05) is 0 Å². The summed E-state index contributed by atoms with van der Waals surface area (Å²) in [4.78, 5) is 34.7. The third-order valence-corrected chi connectivity index (χ3v) is 2.81. The Morgan fingerprint density at radius 3 is 2.38 bits per heavy atom. The number of carbonyl (C=O) groups is 1. The number of amides is 1. The topological polar surface area (TPSA) is 96.3 Å². The van der Waals surface area contributed by atoms with Gasteiger partial charge in [-0.15, -0.1) is 0 Å². The van der Waals surface area contributed by atoms with E-state index in [9.17, 15) is 14.4 Å². The monoisotopic (exact) mass is 289 g/mol. The number of nitrogens with two attached hydrogens (primary N) is 1. The molecule has 7 heteroatoms. The van der Waals surface area contributed by atoms with Crippen molar-refractivity contribution in [3.8, 4) is 11.4 Å². The molecule has 0 aliphatic heterocycles. The Kier molecular flexibility index (Phi) is 4.22. The summed E-state index contributed by atoms with van der Waals surface area (Å²) in [6, 6.07) is 6.76. The van der Waals surface area contributed by atoms with Crippen molar-refractivity contribution < 1.29 is 9.53 Å². The van der Waals surface area contributed by atoms with E-state index in [0.29, 0.717) is 18.0 Å². The highest BCUT2D eigenvalue weighted by molar-refractivity contribution is 5.73. The van der Waals surface area contributed by atoms with E-state index < -0.39 is 17.0 Å². The quantitative estimate of drug-likeness (QED) is 0.776. The SMILES string of the molecule is CCOc1ccc(-n2ccn(CC(N)=O)c(=O)c2=O)cc1. The van der Waals surface area contributed by atoms with Gasteiger partial charge in [-0.05, 0) is 31.2 Å². The summed E-state index contributed by atoms with van der Waals surface area (Å²) in [6.45, 7) is 2.09. The summed E-state index contributed by atoms with van der Waals surface area (Å²) >= 11 is 0. The summed E-state index contributed by atoms with van der Waals surface area (Å²) < 4.78 is 7.49. The van der Waals surface area contributed by atoms with Gasteiger partial charge >= 0.3 is 11.1 Å². The number of benzene rings is 1. The highest BCUT2D eigenvalue weighted by Crippen LogP contribution is 2.13. The molecular weight excluding hydrogens is 274 g/mol. The van der Waals surface area contributed by atoms with Gasteiger partial charge in [0, 0.05) is 18.1 Å². The number of nitrogens with zero attached hydrogens (tertiary/aromatic N) is 2. The zero-order valence-electron chi connectivity index (χ0n) is 11.5. The highest BCUT2D eigenvalue weighted by Gasteiger charge is 2.08. The molecule has 7 nitrogen and oxygen atoms in total. The van der Waals surface area contributed by atoms with E-state index in [4.69, 9.17) is 10.5 Å². The second kappa shape index (κ2) is 6.08. The van der Waals surface area contributed by atoms with Gasteiger partial charge in [0.15, 0.2) is 0 Å². The van der Waals surface area contributed by atoms with Crippen LogP contribution in [0, 0.1) is 0 Å². The van der Waals surface area contributed by atoms with Crippen LogP contribution in [0.2, 0.25) is 0 Å². The maximum atomic E-state index is 12.0. The van der Waals surface area contributed by atoms with Crippen molar-refractivity contribution in [1.29, 1.82) is 0 Å². The predicted octanol–water partition coefficient (Wildman–Crippen LogP) is -0.117. The van der Waals surface area contributed by atoms with E-state index in [-0.39, 0.29) is 6.54 Å². The van der Waals surface area contributed by atoms with Crippen LogP contribution in [0.3, 0.4) is 0 Å². The molecule has 1 heterocycles. The molecule has 1 aromatic heterocycles. The van der Waals surface area contributed by atoms with Crippen LogP contribution in [0.1, 0.15) is 6.92 Å². The lowest BCUT2D eigenvalue weighted by Crippen LogP contribution is -2.41. The second-order valence-electron chi connectivity index (χ2n) is 4.30. The van der Waals surface area contributed by atoms with Gasteiger partial charge in [-0.3, -0.25) is 23.5 Å². The van der Waals surface area contributed by atoms with Crippen LogP contribution >= 0.6 is 0 Å². The van der Waals surface area contributed by atoms with Crippen LogP contribution in [0.15, 0.2) is 46.2 Å². The van der Waals surface area contributed by atoms with E-state index in [1.54, 1.807) is 24.3 Å². The van der Waals surface area contributed by atoms with Crippen molar-refractivity contribution in [3.63, 3.8) is 0 Å². The lowest BCUT2D eigenvalue weighted by Gasteiger charge is -2.09. The minimum atomic E-state index is -0.801. The molecule has 110 valence electrons. The minimum Gasteiger partial charge on any atom is -0.494 e. The van der Waals surface area contributed by atoms with Crippen molar-refractivity contribution >= 4 is 5.91 Å². The van der Waals surface area contributed by atoms with Gasteiger partial charge in [-0.2, -0.15) is 0 Å². The molecule has 1 aromatic carbocycles. The third-order valence-electron chi connectivity index (χ3n) is 2.81. The number of primary amides is 1. The largest absolute Gasteiger partial charge is 0.494 e. The highest BCUT2D eigenvalue weighted by atomic mass is 16.5. The predicted molar refractivity (Wildman–Crippen MR) is 76.7 cm³/mol. The van der Waals surface area contributed by atoms with Gasteiger partial charge in [-0.25, -0.2) is 0 Å². The molecule has 0 atom stereocenters. The Hall–Kier alpha value is -2.83. The molecule has 0 radical (unpaired) electrons. The molecule has 0 bridgehead atoms. The molecule has 0 fully saturated rings. The molecule has 0 saturated carbocycles. The maximum Gasteiger partial charge on any atom is 0.320 e. The van der Waals surface area contributed by atoms with E-state index in [1.807, 2.05) is 6.92 Å². The molecule has 2 aromatic rings. The van der Waals surface area contributed by atoms with Crippen molar-refractivity contribution in [2.24, 2.45) is 5.73 Å². The fraction of sp³-hybridized carbons (Fsp3) is 0.214. The molecule has 0 saturated heterocycles. The number of carbonyl (C=O) groups excluding carboxylic acids is 1. The lowest BCUT2D eigenvalue weighted by molar-refractivity contribution is -0.118. The minimum absolute atomic E-state index is 0.321. The Labute approximate surface area is 120 Å². The Bertz CT molecular complexity index is 759. The van der Waals surface area contributed by atoms with Gasteiger partial charge in [0.05, 0.1) is 6.61 Å². The average Bonchev–Trinajstić information content (AvgIpc) is 2.45. The van der Waals surface area contributed by atoms with Crippen LogP contribution in [0.4, 0.5) is 0 Å². The van der Waals surface area contributed by atoms with Gasteiger partial charge in [0.25, 0.3) is 0 Å². The zero-order chi connectivity index (χ0) is 15.4. The van der Waals surface area contributed by atoms with Crippen LogP contribution in [0.5, 0.6) is 5.75 Å². The summed E-state index contributed by atoms with van der Waals surface area (Å²) in [6.07, 6.45) is 2.77. The summed E-state index contributed by atoms with van der Waals surface area (Å²) in [5, 5.41) is 0. The number of rotatable bonds is 5. The molecule has 21 heavy (non-hydrogen) atoms. The average molecular weight is 289 g/mol. The zero-order valence-corrected chi connectivity index (χ0v) is 11.5. The fourth-order valence-electron chi connectivity index (χ4n) is 1.87. The fourth-order valence-corrected chi connectivity index (χ4v) is 1.87. The number of hydrogen-bond donors (Lipinski definition) is 1. The van der Waals surface area contributed by atoms with E-state index >= 15 is 0 Å². The first-order valence-corrected chi connectivity index (χ1v) is 6.36. The number of aromatic nitrogens is 2. The standard InChI is InChI=1S/C14H15N3O4/c1-2-21-11-5-3-10(4-6-11)17-8-7-16(9-12(15)18)13(19)14(17)20/h3-8H,2,9H2,1H3,(H2,15,18). The lowest BCUT2D eigenvalue weighted by atomic mass is 10.3. The molecule has 0 aliphatic rings. The third kappa shape index (κ3) is 3.19. The first-order valence-electron chi connectivity index (χ1n) is 6.36. The number of ether oxygens (including phenoxy) is 1. The van der Waals surface area contributed by atoms with E-state index in [0.717, 1.165) is 4.57 Å². The molecule has 0 spiro atoms. The molecular formula is C14H15N3O4. The van der Waals surface area contributed by atoms with Crippen LogP contribution in [0.25, 0.3) is 5.69 Å². The molecule has 1 amide bonds. The van der Waals surface area contributed by atoms with Crippen molar-refractivity contribution in [1.82, 2.24) is 9.13 Å². The first kappa shape index (κ1) is 14.6. The Morgan fingerprint density at radius 2 is 1.81 bits per heavy atom. The van der Waals surface area contributed by atoms with Crippen molar-refractivity contribution in [2.75, 3.05) is 6.61 Å². The van der Waals surface area contributed by atoms with Crippen molar-refractivity contribution in [2.45, 2.75) is 13.5 Å². The summed E-state index contributed by atoms with van der Waals surface area (Å²) in [5.41, 5.74) is 4.00. The summed E-state index contributed by atoms with van der Waals surface area (Å²) in [5.74, 6) is -0.00770. The molecule has 0 aliphatic carbocycles. The van der Waals surface area contributed by atoms with E-state index in [2.05, 4.69) is 0 Å². The Morgan fingerprint density at radius 1 is 1.14 bits per heavy atom. The van der Waals surface area contributed by atoms with Gasteiger partial charge in [0.2, 0.25) is 5.91 Å². The van der Waals surface area contributed by atoms with Crippen molar-refractivity contribution in [3.05, 3.63) is 57.4 Å². The molecule has 0 unspecified atom stereocenters. The van der Waals surface area contributed by atoms with Gasteiger partial charge in [0.1, 0.15) is 12.3 Å². The smallest absolute Gasteiger partial charge is 0.320 e. The summed E-state index contributed by atoms with van der Waals surface area (Å²) in [7, 11) is 0. The number of hydrogen-bond acceptors (Lipinski definition) is 4. The second-order valence-corrected chi connectivity index (χ2v) is 4.30. The van der Waals surface area contributed by atoms with Gasteiger partial charge < -0.3 is 10.5 Å². The maximum absolute atomic E-state index is 12.0. The van der Waals surface area contributed by atoms with Crippen LogP contribution in [-0.2, 0) is 11.3 Å². The normalized spacial score (nSPS) is 10.3.